The molecule has 1 fully saturated rings. The van der Waals surface area contributed by atoms with Gasteiger partial charge in [-0.25, -0.2) is 4.79 Å². The van der Waals surface area contributed by atoms with Gasteiger partial charge in [-0.3, -0.25) is 9.89 Å². The van der Waals surface area contributed by atoms with Crippen LogP contribution in [0.4, 0.5) is 4.79 Å². The van der Waals surface area contributed by atoms with Gasteiger partial charge in [-0.05, 0) is 45.2 Å². The first kappa shape index (κ1) is 22.0. The molecule has 3 rings (SSSR count). The van der Waals surface area contributed by atoms with Crippen LogP contribution < -0.4 is 0 Å². The normalized spacial score (nSPS) is 17.1. The molecule has 162 valence electrons. The third-order valence-electron chi connectivity index (χ3n) is 5.16. The van der Waals surface area contributed by atoms with Gasteiger partial charge in [0.2, 0.25) is 0 Å². The Morgan fingerprint density at radius 2 is 1.97 bits per heavy atom. The molecule has 0 spiro atoms. The summed E-state index contributed by atoms with van der Waals surface area (Å²) in [6, 6.07) is 7.79. The first-order valence-electron chi connectivity index (χ1n) is 10.4. The van der Waals surface area contributed by atoms with E-state index in [1.807, 2.05) is 58.9 Å². The molecule has 1 saturated heterocycles. The molecule has 2 aromatic rings. The van der Waals surface area contributed by atoms with Crippen molar-refractivity contribution in [3.63, 3.8) is 0 Å². The highest BCUT2D eigenvalue weighted by Gasteiger charge is 2.29. The predicted octanol–water partition coefficient (Wildman–Crippen LogP) is 4.01. The van der Waals surface area contributed by atoms with Crippen molar-refractivity contribution in [3.05, 3.63) is 52.3 Å². The summed E-state index contributed by atoms with van der Waals surface area (Å²) in [5.41, 5.74) is 3.81. The Morgan fingerprint density at radius 3 is 2.57 bits per heavy atom. The molecule has 1 amide bonds. The number of ketones is 1. The molecule has 30 heavy (non-hydrogen) atoms. The SMILES string of the molecule is CCc1[nH]nc(C(=O)Cc2ccc(C3CN(C(=O)OC(C)(C)C)CCO3)cc2)c1C. The van der Waals surface area contributed by atoms with Gasteiger partial charge in [0.25, 0.3) is 0 Å². The van der Waals surface area contributed by atoms with Gasteiger partial charge in [0.1, 0.15) is 17.4 Å². The molecule has 1 aromatic heterocycles. The summed E-state index contributed by atoms with van der Waals surface area (Å²) in [7, 11) is 0. The van der Waals surface area contributed by atoms with Crippen LogP contribution in [0.15, 0.2) is 24.3 Å². The van der Waals surface area contributed by atoms with Crippen LogP contribution in [0.1, 0.15) is 66.7 Å². The van der Waals surface area contributed by atoms with Crippen LogP contribution in [0.3, 0.4) is 0 Å². The lowest BCUT2D eigenvalue weighted by atomic mass is 10.0. The fourth-order valence-corrected chi connectivity index (χ4v) is 3.51. The molecular weight excluding hydrogens is 382 g/mol. The van der Waals surface area contributed by atoms with Crippen LogP contribution in [-0.2, 0) is 22.3 Å². The summed E-state index contributed by atoms with van der Waals surface area (Å²) in [6.07, 6.45) is 0.586. The highest BCUT2D eigenvalue weighted by Crippen LogP contribution is 2.24. The Kier molecular flexibility index (Phi) is 6.61. The Balaban J connectivity index is 1.63. The number of hydrogen-bond donors (Lipinski definition) is 1. The zero-order valence-corrected chi connectivity index (χ0v) is 18.4. The third kappa shape index (κ3) is 5.27. The summed E-state index contributed by atoms with van der Waals surface area (Å²) in [4.78, 5) is 26.7. The van der Waals surface area contributed by atoms with Crippen LogP contribution in [0.25, 0.3) is 0 Å². The van der Waals surface area contributed by atoms with Crippen molar-refractivity contribution in [3.8, 4) is 0 Å². The number of amides is 1. The molecule has 0 bridgehead atoms. The van der Waals surface area contributed by atoms with E-state index in [0.29, 0.717) is 31.8 Å². The minimum absolute atomic E-state index is 0.00113. The van der Waals surface area contributed by atoms with Crippen LogP contribution in [0.5, 0.6) is 0 Å². The Morgan fingerprint density at radius 1 is 1.27 bits per heavy atom. The zero-order valence-electron chi connectivity index (χ0n) is 18.4. The number of Topliss-reactive ketones (excluding diaryl/α,β-unsaturated/α-hetero) is 1. The molecular formula is C23H31N3O4. The van der Waals surface area contributed by atoms with Crippen molar-refractivity contribution >= 4 is 11.9 Å². The molecule has 1 aliphatic heterocycles. The van der Waals surface area contributed by atoms with Gasteiger partial charge in [-0.15, -0.1) is 0 Å². The second kappa shape index (κ2) is 9.00. The number of aryl methyl sites for hydroxylation is 1. The number of rotatable bonds is 5. The molecule has 0 radical (unpaired) electrons. The van der Waals surface area contributed by atoms with Crippen LogP contribution in [-0.4, -0.2) is 52.3 Å². The highest BCUT2D eigenvalue weighted by atomic mass is 16.6. The Hall–Kier alpha value is -2.67. The molecule has 2 heterocycles. The summed E-state index contributed by atoms with van der Waals surface area (Å²) < 4.78 is 11.3. The fraction of sp³-hybridized carbons (Fsp3) is 0.522. The van der Waals surface area contributed by atoms with Crippen molar-refractivity contribution in [2.24, 2.45) is 0 Å². The summed E-state index contributed by atoms with van der Waals surface area (Å²) in [6.45, 7) is 11.0. The second-order valence-corrected chi connectivity index (χ2v) is 8.66. The van der Waals surface area contributed by atoms with E-state index in [1.165, 1.54) is 0 Å². The minimum atomic E-state index is -0.524. The van der Waals surface area contributed by atoms with Crippen molar-refractivity contribution in [2.45, 2.75) is 59.2 Å². The van der Waals surface area contributed by atoms with Crippen LogP contribution in [0, 0.1) is 6.92 Å². The lowest BCUT2D eigenvalue weighted by Crippen LogP contribution is -2.44. The van der Waals surface area contributed by atoms with Crippen LogP contribution >= 0.6 is 0 Å². The topological polar surface area (TPSA) is 84.5 Å². The number of aromatic amines is 1. The summed E-state index contributed by atoms with van der Waals surface area (Å²) in [5.74, 6) is 0.00113. The third-order valence-corrected chi connectivity index (χ3v) is 5.16. The average Bonchev–Trinajstić information content (AvgIpc) is 3.08. The van der Waals surface area contributed by atoms with E-state index in [0.717, 1.165) is 28.8 Å². The number of aromatic nitrogens is 2. The monoisotopic (exact) mass is 413 g/mol. The predicted molar refractivity (Wildman–Crippen MR) is 114 cm³/mol. The van der Waals surface area contributed by atoms with Gasteiger partial charge in [0, 0.05) is 24.2 Å². The number of H-pyrrole nitrogens is 1. The van der Waals surface area contributed by atoms with E-state index in [1.54, 1.807) is 4.90 Å². The first-order chi connectivity index (χ1) is 14.2. The maximum atomic E-state index is 12.6. The van der Waals surface area contributed by atoms with E-state index in [4.69, 9.17) is 9.47 Å². The number of carbonyl (C=O) groups is 2. The van der Waals surface area contributed by atoms with E-state index in [9.17, 15) is 9.59 Å². The van der Waals surface area contributed by atoms with Crippen molar-refractivity contribution in [1.29, 1.82) is 0 Å². The first-order valence-corrected chi connectivity index (χ1v) is 10.4. The highest BCUT2D eigenvalue weighted by molar-refractivity contribution is 5.97. The van der Waals surface area contributed by atoms with Gasteiger partial charge in [-0.1, -0.05) is 31.2 Å². The molecule has 1 aliphatic rings. The molecule has 7 heteroatoms. The van der Waals surface area contributed by atoms with Gasteiger partial charge < -0.3 is 14.4 Å². The molecule has 1 N–H and O–H groups in total. The van der Waals surface area contributed by atoms with E-state index in [-0.39, 0.29) is 18.0 Å². The maximum Gasteiger partial charge on any atom is 0.410 e. The fourth-order valence-electron chi connectivity index (χ4n) is 3.51. The molecule has 1 unspecified atom stereocenters. The van der Waals surface area contributed by atoms with Crippen molar-refractivity contribution in [1.82, 2.24) is 15.1 Å². The van der Waals surface area contributed by atoms with Gasteiger partial charge >= 0.3 is 6.09 Å². The van der Waals surface area contributed by atoms with Gasteiger partial charge in [0.15, 0.2) is 5.78 Å². The molecule has 1 atom stereocenters. The number of nitrogens with one attached hydrogen (secondary N) is 1. The summed E-state index contributed by atoms with van der Waals surface area (Å²) in [5, 5.41) is 7.12. The number of benzene rings is 1. The van der Waals surface area contributed by atoms with Gasteiger partial charge in [-0.2, -0.15) is 5.10 Å². The number of ether oxygens (including phenoxy) is 2. The molecule has 1 aromatic carbocycles. The maximum absolute atomic E-state index is 12.6. The standard InChI is InChI=1S/C23H31N3O4/c1-6-18-15(2)21(25-24-18)19(27)13-16-7-9-17(10-8-16)20-14-26(11-12-29-20)22(28)30-23(3,4)5/h7-10,20H,6,11-14H2,1-5H3,(H,24,25). The molecule has 0 saturated carbocycles. The molecule has 0 aliphatic carbocycles. The smallest absolute Gasteiger partial charge is 0.410 e. The molecule has 7 nitrogen and oxygen atoms in total. The second-order valence-electron chi connectivity index (χ2n) is 8.66. The Labute approximate surface area is 177 Å². The quantitative estimate of drug-likeness (QED) is 0.749. The number of carbonyl (C=O) groups excluding carboxylic acids is 2. The van der Waals surface area contributed by atoms with Crippen molar-refractivity contribution < 1.29 is 19.1 Å². The largest absolute Gasteiger partial charge is 0.444 e. The summed E-state index contributed by atoms with van der Waals surface area (Å²) >= 11 is 0. The Bertz CT molecular complexity index is 896. The van der Waals surface area contributed by atoms with E-state index < -0.39 is 5.60 Å². The minimum Gasteiger partial charge on any atom is -0.444 e. The lowest BCUT2D eigenvalue weighted by molar-refractivity contribution is -0.0432. The lowest BCUT2D eigenvalue weighted by Gasteiger charge is -2.34. The van der Waals surface area contributed by atoms with Crippen LogP contribution in [0.2, 0.25) is 0 Å². The van der Waals surface area contributed by atoms with Gasteiger partial charge in [0.05, 0.1) is 13.2 Å². The van der Waals surface area contributed by atoms with E-state index in [2.05, 4.69) is 10.2 Å². The number of nitrogens with zero attached hydrogens (tertiary/aromatic N) is 2. The van der Waals surface area contributed by atoms with E-state index >= 15 is 0 Å². The number of hydrogen-bond acceptors (Lipinski definition) is 5. The average molecular weight is 414 g/mol. The zero-order chi connectivity index (χ0) is 21.9. The van der Waals surface area contributed by atoms with Crippen molar-refractivity contribution in [2.75, 3.05) is 19.7 Å². The number of morpholine rings is 1.